The molecular formula is C22H26ClN3O3. The average molecular weight is 416 g/mol. The Morgan fingerprint density at radius 1 is 1.03 bits per heavy atom. The number of nitrogens with zero attached hydrogens (tertiary/aromatic N) is 1. The molecule has 1 saturated heterocycles. The van der Waals surface area contributed by atoms with Crippen LogP contribution >= 0.6 is 11.6 Å². The van der Waals surface area contributed by atoms with Crippen molar-refractivity contribution in [1.29, 1.82) is 0 Å². The van der Waals surface area contributed by atoms with Gasteiger partial charge >= 0.3 is 11.8 Å². The van der Waals surface area contributed by atoms with Crippen LogP contribution in [0.1, 0.15) is 23.7 Å². The molecule has 154 valence electrons. The summed E-state index contributed by atoms with van der Waals surface area (Å²) in [4.78, 5) is 26.2. The second-order valence-electron chi connectivity index (χ2n) is 6.95. The third-order valence-corrected chi connectivity index (χ3v) is 5.23. The highest BCUT2D eigenvalue weighted by Crippen LogP contribution is 2.21. The molecular weight excluding hydrogens is 390 g/mol. The van der Waals surface area contributed by atoms with Gasteiger partial charge in [-0.05, 0) is 23.6 Å². The van der Waals surface area contributed by atoms with E-state index in [1.54, 1.807) is 6.07 Å². The maximum Gasteiger partial charge on any atom is 0.309 e. The van der Waals surface area contributed by atoms with Crippen molar-refractivity contribution in [3.63, 3.8) is 0 Å². The summed E-state index contributed by atoms with van der Waals surface area (Å²) in [5, 5.41) is 5.83. The van der Waals surface area contributed by atoms with Gasteiger partial charge in [-0.15, -0.1) is 0 Å². The maximum atomic E-state index is 11.9. The van der Waals surface area contributed by atoms with Crippen molar-refractivity contribution < 1.29 is 14.3 Å². The van der Waals surface area contributed by atoms with E-state index in [9.17, 15) is 9.59 Å². The fourth-order valence-electron chi connectivity index (χ4n) is 3.26. The SMILES string of the molecule is O=C(NCCCN1CCOC(c2ccccc2)C1)C(=O)NCc1ccccc1Cl. The van der Waals surface area contributed by atoms with E-state index in [1.165, 1.54) is 5.56 Å². The van der Waals surface area contributed by atoms with Crippen LogP contribution in [-0.4, -0.2) is 49.5 Å². The van der Waals surface area contributed by atoms with Gasteiger partial charge in [0, 0.05) is 37.7 Å². The second kappa shape index (κ2) is 11.0. The van der Waals surface area contributed by atoms with E-state index in [2.05, 4.69) is 27.7 Å². The molecule has 0 aliphatic carbocycles. The number of ether oxygens (including phenoxy) is 1. The summed E-state index contributed by atoms with van der Waals surface area (Å²) < 4.78 is 5.87. The normalized spacial score (nSPS) is 16.9. The van der Waals surface area contributed by atoms with Gasteiger partial charge in [0.25, 0.3) is 0 Å². The zero-order valence-corrected chi connectivity index (χ0v) is 17.0. The van der Waals surface area contributed by atoms with Crippen LogP contribution in [0.2, 0.25) is 5.02 Å². The minimum atomic E-state index is -0.652. The first-order valence-corrected chi connectivity index (χ1v) is 10.2. The third kappa shape index (κ3) is 6.56. The minimum Gasteiger partial charge on any atom is -0.371 e. The van der Waals surface area contributed by atoms with Gasteiger partial charge in [-0.1, -0.05) is 60.1 Å². The molecule has 0 radical (unpaired) electrons. The van der Waals surface area contributed by atoms with Crippen LogP contribution < -0.4 is 10.6 Å². The summed E-state index contributed by atoms with van der Waals surface area (Å²) in [6.45, 7) is 3.91. The van der Waals surface area contributed by atoms with Gasteiger partial charge < -0.3 is 15.4 Å². The molecule has 1 heterocycles. The molecule has 2 aromatic carbocycles. The van der Waals surface area contributed by atoms with Crippen molar-refractivity contribution in [1.82, 2.24) is 15.5 Å². The molecule has 1 atom stereocenters. The van der Waals surface area contributed by atoms with Gasteiger partial charge in [-0.25, -0.2) is 0 Å². The van der Waals surface area contributed by atoms with Gasteiger partial charge in [0.15, 0.2) is 0 Å². The molecule has 1 unspecified atom stereocenters. The molecule has 2 amide bonds. The number of halogens is 1. The van der Waals surface area contributed by atoms with E-state index >= 15 is 0 Å². The predicted octanol–water partition coefficient (Wildman–Crippen LogP) is 2.54. The standard InChI is InChI=1S/C22H26ClN3O3/c23-19-10-5-4-9-18(19)15-25-22(28)21(27)24-11-6-12-26-13-14-29-20(16-26)17-7-2-1-3-8-17/h1-5,7-10,20H,6,11-16H2,(H,24,27)(H,25,28). The van der Waals surface area contributed by atoms with Crippen LogP contribution in [0.3, 0.4) is 0 Å². The Morgan fingerprint density at radius 3 is 2.55 bits per heavy atom. The van der Waals surface area contributed by atoms with Crippen molar-refractivity contribution in [3.05, 3.63) is 70.7 Å². The summed E-state index contributed by atoms with van der Waals surface area (Å²) in [6, 6.07) is 17.4. The van der Waals surface area contributed by atoms with E-state index in [4.69, 9.17) is 16.3 Å². The van der Waals surface area contributed by atoms with Crippen LogP contribution in [0.25, 0.3) is 0 Å². The Labute approximate surface area is 176 Å². The van der Waals surface area contributed by atoms with Crippen LogP contribution in [0.5, 0.6) is 0 Å². The van der Waals surface area contributed by atoms with Crippen molar-refractivity contribution in [3.8, 4) is 0 Å². The van der Waals surface area contributed by atoms with E-state index in [0.717, 1.165) is 31.6 Å². The molecule has 0 spiro atoms. The number of carbonyl (C=O) groups is 2. The topological polar surface area (TPSA) is 70.7 Å². The first kappa shape index (κ1) is 21.3. The molecule has 1 aliphatic rings. The highest BCUT2D eigenvalue weighted by atomic mass is 35.5. The Bertz CT molecular complexity index is 816. The molecule has 2 N–H and O–H groups in total. The van der Waals surface area contributed by atoms with Gasteiger partial charge in [0.2, 0.25) is 0 Å². The smallest absolute Gasteiger partial charge is 0.309 e. The molecule has 6 nitrogen and oxygen atoms in total. The largest absolute Gasteiger partial charge is 0.371 e. The molecule has 2 aromatic rings. The van der Waals surface area contributed by atoms with E-state index in [-0.39, 0.29) is 12.6 Å². The molecule has 1 aliphatic heterocycles. The van der Waals surface area contributed by atoms with Gasteiger partial charge in [-0.3, -0.25) is 14.5 Å². The van der Waals surface area contributed by atoms with Crippen molar-refractivity contribution in [2.24, 2.45) is 0 Å². The number of morpholine rings is 1. The Morgan fingerprint density at radius 2 is 1.76 bits per heavy atom. The third-order valence-electron chi connectivity index (χ3n) is 4.86. The minimum absolute atomic E-state index is 0.0788. The molecule has 7 heteroatoms. The highest BCUT2D eigenvalue weighted by molar-refractivity contribution is 6.35. The zero-order valence-electron chi connectivity index (χ0n) is 16.3. The van der Waals surface area contributed by atoms with Gasteiger partial charge in [0.05, 0.1) is 12.7 Å². The number of hydrogen-bond donors (Lipinski definition) is 2. The first-order chi connectivity index (χ1) is 14.1. The molecule has 0 saturated carbocycles. The summed E-state index contributed by atoms with van der Waals surface area (Å²) >= 11 is 6.05. The summed E-state index contributed by atoms with van der Waals surface area (Å²) in [5.74, 6) is -1.28. The van der Waals surface area contributed by atoms with Crippen LogP contribution in [-0.2, 0) is 20.9 Å². The zero-order chi connectivity index (χ0) is 20.5. The maximum absolute atomic E-state index is 11.9. The number of nitrogens with one attached hydrogen (secondary N) is 2. The van der Waals surface area contributed by atoms with E-state index in [0.29, 0.717) is 18.2 Å². The molecule has 29 heavy (non-hydrogen) atoms. The number of rotatable bonds is 7. The lowest BCUT2D eigenvalue weighted by Gasteiger charge is -2.33. The highest BCUT2D eigenvalue weighted by Gasteiger charge is 2.21. The van der Waals surface area contributed by atoms with Crippen molar-refractivity contribution in [2.75, 3.05) is 32.8 Å². The van der Waals surface area contributed by atoms with Crippen molar-refractivity contribution in [2.45, 2.75) is 19.1 Å². The van der Waals surface area contributed by atoms with Crippen LogP contribution in [0.15, 0.2) is 54.6 Å². The summed E-state index contributed by atoms with van der Waals surface area (Å²) in [6.07, 6.45) is 0.848. The lowest BCUT2D eigenvalue weighted by Crippen LogP contribution is -2.42. The Kier molecular flexibility index (Phi) is 8.04. The summed E-state index contributed by atoms with van der Waals surface area (Å²) in [7, 11) is 0. The number of hydrogen-bond acceptors (Lipinski definition) is 4. The van der Waals surface area contributed by atoms with Crippen molar-refractivity contribution >= 4 is 23.4 Å². The van der Waals surface area contributed by atoms with E-state index < -0.39 is 11.8 Å². The fourth-order valence-corrected chi connectivity index (χ4v) is 3.46. The lowest BCUT2D eigenvalue weighted by molar-refractivity contribution is -0.139. The quantitative estimate of drug-likeness (QED) is 0.538. The Balaban J connectivity index is 1.34. The van der Waals surface area contributed by atoms with Gasteiger partial charge in [-0.2, -0.15) is 0 Å². The Hall–Kier alpha value is -2.41. The fraction of sp³-hybridized carbons (Fsp3) is 0.364. The average Bonchev–Trinajstić information content (AvgIpc) is 2.76. The van der Waals surface area contributed by atoms with Crippen LogP contribution in [0.4, 0.5) is 0 Å². The first-order valence-electron chi connectivity index (χ1n) is 9.82. The number of carbonyl (C=O) groups excluding carboxylic acids is 2. The number of benzene rings is 2. The predicted molar refractivity (Wildman–Crippen MR) is 113 cm³/mol. The molecule has 1 fully saturated rings. The monoisotopic (exact) mass is 415 g/mol. The molecule has 0 aromatic heterocycles. The second-order valence-corrected chi connectivity index (χ2v) is 7.36. The molecule has 0 bridgehead atoms. The number of amides is 2. The van der Waals surface area contributed by atoms with Crippen LogP contribution in [0, 0.1) is 0 Å². The summed E-state index contributed by atoms with van der Waals surface area (Å²) in [5.41, 5.74) is 1.95. The lowest BCUT2D eigenvalue weighted by atomic mass is 10.1. The molecule has 3 rings (SSSR count). The van der Waals surface area contributed by atoms with E-state index in [1.807, 2.05) is 36.4 Å². The van der Waals surface area contributed by atoms with Gasteiger partial charge in [0.1, 0.15) is 0 Å².